The third-order valence-electron chi connectivity index (χ3n) is 8.98. The van der Waals surface area contributed by atoms with Crippen LogP contribution in [-0.4, -0.2) is 40.0 Å². The number of ketones is 2. The van der Waals surface area contributed by atoms with Gasteiger partial charge in [-0.25, -0.2) is 4.39 Å². The van der Waals surface area contributed by atoms with Crippen LogP contribution in [0.3, 0.4) is 0 Å². The molecule has 0 aromatic carbocycles. The lowest BCUT2D eigenvalue weighted by atomic mass is 9.43. The van der Waals surface area contributed by atoms with Crippen molar-refractivity contribution in [2.24, 2.45) is 28.6 Å². The maximum atomic E-state index is 17.1. The molecule has 6 heteroatoms. The molecule has 0 aliphatic heterocycles. The lowest BCUT2D eigenvalue weighted by Gasteiger charge is -2.63. The number of carbonyl (C=O) groups is 3. The number of Topliss-reactive ketones (excluding diaryl/α,β-unsaturated/α-hetero) is 1. The molecule has 0 unspecified atom stereocenters. The maximum absolute atomic E-state index is 17.1. The van der Waals surface area contributed by atoms with Gasteiger partial charge in [-0.3, -0.25) is 14.4 Å². The Balaban J connectivity index is 1.86. The summed E-state index contributed by atoms with van der Waals surface area (Å²) in [6.45, 7) is 8.34. The monoisotopic (exact) mass is 418 g/mol. The zero-order chi connectivity index (χ0) is 22.3. The number of fused-ring (bicyclic) bond motifs is 5. The first-order chi connectivity index (χ1) is 13.8. The van der Waals surface area contributed by atoms with E-state index in [1.807, 2.05) is 13.8 Å². The van der Waals surface area contributed by atoms with E-state index in [-0.39, 0.29) is 29.8 Å². The van der Waals surface area contributed by atoms with Gasteiger partial charge in [0.15, 0.2) is 22.8 Å². The maximum Gasteiger partial charge on any atom is 0.303 e. The molecule has 8 atom stereocenters. The van der Waals surface area contributed by atoms with Crippen molar-refractivity contribution in [3.8, 4) is 0 Å². The number of rotatable bonds is 2. The van der Waals surface area contributed by atoms with Gasteiger partial charge in [0.1, 0.15) is 0 Å². The summed E-state index contributed by atoms with van der Waals surface area (Å²) < 4.78 is 22.8. The van der Waals surface area contributed by atoms with Gasteiger partial charge in [-0.05, 0) is 63.5 Å². The van der Waals surface area contributed by atoms with E-state index in [0.717, 1.165) is 5.57 Å². The topological polar surface area (TPSA) is 80.7 Å². The molecular weight excluding hydrogens is 387 g/mol. The van der Waals surface area contributed by atoms with E-state index in [1.165, 1.54) is 26.0 Å². The quantitative estimate of drug-likeness (QED) is 0.695. The van der Waals surface area contributed by atoms with Crippen LogP contribution in [0.2, 0.25) is 0 Å². The highest BCUT2D eigenvalue weighted by atomic mass is 19.1. The Morgan fingerprint density at radius 2 is 1.90 bits per heavy atom. The van der Waals surface area contributed by atoms with E-state index in [2.05, 4.69) is 0 Å². The van der Waals surface area contributed by atoms with Crippen molar-refractivity contribution in [1.82, 2.24) is 0 Å². The Morgan fingerprint density at radius 3 is 2.50 bits per heavy atom. The van der Waals surface area contributed by atoms with Gasteiger partial charge in [0, 0.05) is 23.7 Å². The summed E-state index contributed by atoms with van der Waals surface area (Å²) in [5, 5.41) is 11.3. The minimum atomic E-state index is -1.96. The molecule has 4 rings (SSSR count). The number of hydrogen-bond acceptors (Lipinski definition) is 5. The summed E-state index contributed by atoms with van der Waals surface area (Å²) >= 11 is 0. The first-order valence-corrected chi connectivity index (χ1v) is 10.9. The molecule has 164 valence electrons. The van der Waals surface area contributed by atoms with Crippen molar-refractivity contribution >= 4 is 17.5 Å². The first-order valence-electron chi connectivity index (χ1n) is 10.9. The Hall–Kier alpha value is -1.82. The summed E-state index contributed by atoms with van der Waals surface area (Å²) in [4.78, 5) is 36.7. The smallest absolute Gasteiger partial charge is 0.303 e. The van der Waals surface area contributed by atoms with Crippen molar-refractivity contribution in [3.63, 3.8) is 0 Å². The van der Waals surface area contributed by atoms with Crippen LogP contribution in [0.4, 0.5) is 4.39 Å². The molecule has 30 heavy (non-hydrogen) atoms. The summed E-state index contributed by atoms with van der Waals surface area (Å²) in [5.74, 6) is -1.72. The molecule has 0 bridgehead atoms. The molecule has 0 aromatic rings. The largest absolute Gasteiger partial charge is 0.451 e. The number of esters is 1. The van der Waals surface area contributed by atoms with E-state index < -0.39 is 40.1 Å². The van der Waals surface area contributed by atoms with E-state index in [1.54, 1.807) is 13.0 Å². The molecule has 0 spiro atoms. The Labute approximate surface area is 176 Å². The van der Waals surface area contributed by atoms with Gasteiger partial charge in [0.05, 0.1) is 6.10 Å². The summed E-state index contributed by atoms with van der Waals surface area (Å²) in [6.07, 6.45) is 4.58. The second kappa shape index (κ2) is 6.35. The molecular formula is C24H31FO5. The van der Waals surface area contributed by atoms with Gasteiger partial charge in [0.2, 0.25) is 0 Å². The average molecular weight is 419 g/mol. The normalized spacial score (nSPS) is 49.6. The van der Waals surface area contributed by atoms with E-state index in [4.69, 9.17) is 4.74 Å². The highest BCUT2D eigenvalue weighted by Gasteiger charge is 2.75. The van der Waals surface area contributed by atoms with Crippen LogP contribution in [0.25, 0.3) is 0 Å². The lowest BCUT2D eigenvalue weighted by Crippen LogP contribution is -2.70. The van der Waals surface area contributed by atoms with Gasteiger partial charge in [-0.2, -0.15) is 0 Å². The number of alkyl halides is 1. The van der Waals surface area contributed by atoms with Crippen LogP contribution in [-0.2, 0) is 19.1 Å². The minimum absolute atomic E-state index is 0.0244. The molecule has 1 N–H and O–H groups in total. The van der Waals surface area contributed by atoms with Crippen LogP contribution >= 0.6 is 0 Å². The molecule has 0 aromatic heterocycles. The molecule has 0 heterocycles. The summed E-state index contributed by atoms with van der Waals surface area (Å²) in [7, 11) is 0. The summed E-state index contributed by atoms with van der Waals surface area (Å²) in [6, 6.07) is 0. The molecule has 0 radical (unpaired) electrons. The Kier molecular flexibility index (Phi) is 4.53. The van der Waals surface area contributed by atoms with E-state index >= 15 is 4.39 Å². The SMILES string of the molecule is CC(=O)O[C@]1(C(C)=O)CC[C@H]2[C@@H]3C[C@H](C)C4=CC(=O)C=C[C@]4(C)[C@]3(F)[C@@H](O)C[C@@]21C. The molecule has 5 nitrogen and oxygen atoms in total. The number of halogens is 1. The molecule has 0 saturated heterocycles. The van der Waals surface area contributed by atoms with Gasteiger partial charge >= 0.3 is 5.97 Å². The number of allylic oxidation sites excluding steroid dienone is 4. The Morgan fingerprint density at radius 1 is 1.23 bits per heavy atom. The number of ether oxygens (including phenoxy) is 1. The van der Waals surface area contributed by atoms with E-state index in [0.29, 0.717) is 19.3 Å². The molecule has 0 amide bonds. The fourth-order valence-corrected chi connectivity index (χ4v) is 7.65. The number of aliphatic hydroxyl groups excluding tert-OH is 1. The second-order valence-corrected chi connectivity index (χ2v) is 10.3. The van der Waals surface area contributed by atoms with Crippen LogP contribution in [0.15, 0.2) is 23.8 Å². The molecule has 4 aliphatic rings. The second-order valence-electron chi connectivity index (χ2n) is 10.3. The number of aliphatic hydroxyl groups is 1. The first kappa shape index (κ1) is 21.4. The number of hydrogen-bond donors (Lipinski definition) is 1. The highest BCUT2D eigenvalue weighted by molar-refractivity contribution is 6.01. The van der Waals surface area contributed by atoms with Crippen LogP contribution in [0.1, 0.15) is 60.3 Å². The third-order valence-corrected chi connectivity index (χ3v) is 8.98. The Bertz CT molecular complexity index is 892. The van der Waals surface area contributed by atoms with Crippen molar-refractivity contribution in [2.75, 3.05) is 0 Å². The standard InChI is InChI=1S/C24H31FO5/c1-13-10-19-17-7-9-23(14(2)26,30-15(3)27)22(17,5)12-20(29)24(19,25)21(4)8-6-16(28)11-18(13)21/h6,8,11,13,17,19-20,29H,7,9-10,12H2,1-5H3/t13-,17-,19-,20-,21-,22-,23-,24+/m0/s1. The van der Waals surface area contributed by atoms with Crippen LogP contribution < -0.4 is 0 Å². The van der Waals surface area contributed by atoms with Crippen molar-refractivity contribution < 1.29 is 28.6 Å². The van der Waals surface area contributed by atoms with Gasteiger partial charge in [0.25, 0.3) is 0 Å². The average Bonchev–Trinajstić information content (AvgIpc) is 2.92. The zero-order valence-corrected chi connectivity index (χ0v) is 18.3. The van der Waals surface area contributed by atoms with Gasteiger partial charge in [-0.1, -0.05) is 25.5 Å². The van der Waals surface area contributed by atoms with Crippen LogP contribution in [0, 0.1) is 28.6 Å². The van der Waals surface area contributed by atoms with Crippen molar-refractivity contribution in [3.05, 3.63) is 23.8 Å². The summed E-state index contributed by atoms with van der Waals surface area (Å²) in [5.41, 5.74) is -4.52. The molecule has 3 saturated carbocycles. The fraction of sp³-hybridized carbons (Fsp3) is 0.708. The lowest BCUT2D eigenvalue weighted by molar-refractivity contribution is -0.226. The zero-order valence-electron chi connectivity index (χ0n) is 18.3. The third kappa shape index (κ3) is 2.34. The fourth-order valence-electron chi connectivity index (χ4n) is 7.65. The van der Waals surface area contributed by atoms with Crippen molar-refractivity contribution in [2.45, 2.75) is 77.7 Å². The van der Waals surface area contributed by atoms with Gasteiger partial charge in [-0.15, -0.1) is 0 Å². The predicted octanol–water partition coefficient (Wildman–Crippen LogP) is 3.49. The van der Waals surface area contributed by atoms with Crippen LogP contribution in [0.5, 0.6) is 0 Å². The molecule has 4 aliphatic carbocycles. The van der Waals surface area contributed by atoms with Gasteiger partial charge < -0.3 is 9.84 Å². The highest BCUT2D eigenvalue weighted by Crippen LogP contribution is 2.71. The van der Waals surface area contributed by atoms with E-state index in [9.17, 15) is 19.5 Å². The minimum Gasteiger partial charge on any atom is -0.451 e. The molecule has 3 fully saturated rings. The van der Waals surface area contributed by atoms with Crippen molar-refractivity contribution in [1.29, 1.82) is 0 Å². The number of carbonyl (C=O) groups excluding carboxylic acids is 3. The predicted molar refractivity (Wildman–Crippen MR) is 108 cm³/mol.